The van der Waals surface area contributed by atoms with Gasteiger partial charge in [-0.3, -0.25) is 0 Å². The first-order valence-electron chi connectivity index (χ1n) is 13.5. The number of rotatable bonds is 2. The maximum atomic E-state index is 15.1. The van der Waals surface area contributed by atoms with Gasteiger partial charge in [0.1, 0.15) is 39.5 Å². The molecular formula is C36H21O4P. The lowest BCUT2D eigenvalue weighted by molar-refractivity contribution is 0.462. The van der Waals surface area contributed by atoms with Crippen LogP contribution in [-0.4, -0.2) is 0 Å². The van der Waals surface area contributed by atoms with Crippen LogP contribution in [0.4, 0.5) is 0 Å². The maximum Gasteiger partial charge on any atom is 0.185 e. The second-order valence-electron chi connectivity index (χ2n) is 10.4. The van der Waals surface area contributed by atoms with Crippen LogP contribution in [0.15, 0.2) is 132 Å². The molecule has 0 saturated heterocycles. The minimum Gasteiger partial charge on any atom is -0.456 e. The van der Waals surface area contributed by atoms with Crippen molar-refractivity contribution in [2.24, 2.45) is 0 Å². The van der Waals surface area contributed by atoms with Crippen molar-refractivity contribution in [2.45, 2.75) is 0 Å². The lowest BCUT2D eigenvalue weighted by Crippen LogP contribution is -2.34. The van der Waals surface area contributed by atoms with Crippen molar-refractivity contribution in [3.63, 3.8) is 0 Å². The number of hydrogen-bond acceptors (Lipinski definition) is 4. The summed E-state index contributed by atoms with van der Waals surface area (Å²) < 4.78 is 33.9. The molecule has 7 aromatic rings. The molecule has 194 valence electrons. The van der Waals surface area contributed by atoms with Gasteiger partial charge in [0, 0.05) is 16.3 Å². The molecule has 0 amide bonds. The summed E-state index contributed by atoms with van der Waals surface area (Å²) in [4.78, 5) is 0. The Morgan fingerprint density at radius 3 is 2.07 bits per heavy atom. The molecule has 9 rings (SSSR count). The first-order chi connectivity index (χ1) is 20.2. The molecule has 0 saturated carbocycles. The van der Waals surface area contributed by atoms with Gasteiger partial charge in [-0.1, -0.05) is 78.9 Å². The Kier molecular flexibility index (Phi) is 4.57. The first-order valence-corrected chi connectivity index (χ1v) is 15.2. The van der Waals surface area contributed by atoms with Crippen molar-refractivity contribution >= 4 is 45.0 Å². The van der Waals surface area contributed by atoms with Crippen LogP contribution < -0.4 is 25.4 Å². The molecular weight excluding hydrogens is 527 g/mol. The van der Waals surface area contributed by atoms with E-state index in [0.29, 0.717) is 38.9 Å². The fourth-order valence-corrected chi connectivity index (χ4v) is 9.30. The average Bonchev–Trinajstić information content (AvgIpc) is 3.40. The van der Waals surface area contributed by atoms with Gasteiger partial charge < -0.3 is 18.5 Å². The molecule has 5 heteroatoms. The van der Waals surface area contributed by atoms with Gasteiger partial charge >= 0.3 is 0 Å². The lowest BCUT2D eigenvalue weighted by atomic mass is 9.97. The lowest BCUT2D eigenvalue weighted by Gasteiger charge is -2.34. The summed E-state index contributed by atoms with van der Waals surface area (Å²) in [5.41, 5.74) is 5.88. The van der Waals surface area contributed by atoms with Crippen LogP contribution in [-0.2, 0) is 4.57 Å². The topological polar surface area (TPSA) is 48.7 Å². The van der Waals surface area contributed by atoms with Crippen LogP contribution in [0.1, 0.15) is 0 Å². The van der Waals surface area contributed by atoms with E-state index in [1.54, 1.807) is 0 Å². The van der Waals surface area contributed by atoms with E-state index >= 15 is 4.57 Å². The van der Waals surface area contributed by atoms with Gasteiger partial charge in [0.25, 0.3) is 0 Å². The summed E-state index contributed by atoms with van der Waals surface area (Å²) in [6.07, 6.45) is 0. The van der Waals surface area contributed by atoms with E-state index in [1.807, 2.05) is 78.9 Å². The van der Waals surface area contributed by atoms with Gasteiger partial charge in [-0.15, -0.1) is 0 Å². The highest BCUT2D eigenvalue weighted by Gasteiger charge is 2.46. The third-order valence-corrected chi connectivity index (χ3v) is 11.3. The van der Waals surface area contributed by atoms with Crippen molar-refractivity contribution in [3.05, 3.63) is 127 Å². The van der Waals surface area contributed by atoms with E-state index in [-0.39, 0.29) is 0 Å². The summed E-state index contributed by atoms with van der Waals surface area (Å²) in [6.45, 7) is 0. The molecule has 0 radical (unpaired) electrons. The van der Waals surface area contributed by atoms with Crippen LogP contribution in [0.25, 0.3) is 44.2 Å². The number of hydrogen-bond donors (Lipinski definition) is 0. The molecule has 3 heterocycles. The monoisotopic (exact) mass is 548 g/mol. The van der Waals surface area contributed by atoms with E-state index in [4.69, 9.17) is 13.9 Å². The van der Waals surface area contributed by atoms with Crippen LogP contribution in [0, 0.1) is 0 Å². The van der Waals surface area contributed by atoms with E-state index < -0.39 is 7.14 Å². The van der Waals surface area contributed by atoms with Crippen LogP contribution in [0.5, 0.6) is 23.0 Å². The number of para-hydroxylation sites is 3. The van der Waals surface area contributed by atoms with Gasteiger partial charge in [-0.25, -0.2) is 0 Å². The number of benzene rings is 6. The Morgan fingerprint density at radius 1 is 0.488 bits per heavy atom. The summed E-state index contributed by atoms with van der Waals surface area (Å²) in [7, 11) is -3.19. The quantitative estimate of drug-likeness (QED) is 0.203. The second kappa shape index (κ2) is 8.23. The van der Waals surface area contributed by atoms with Gasteiger partial charge in [-0.2, -0.15) is 0 Å². The Morgan fingerprint density at radius 2 is 1.15 bits per heavy atom. The number of furan rings is 1. The van der Waals surface area contributed by atoms with Gasteiger partial charge in [0.15, 0.2) is 7.14 Å². The minimum atomic E-state index is -3.19. The second-order valence-corrected chi connectivity index (χ2v) is 13.1. The Hall–Kier alpha value is -5.05. The van der Waals surface area contributed by atoms with Crippen molar-refractivity contribution in [2.75, 3.05) is 0 Å². The van der Waals surface area contributed by atoms with E-state index in [1.165, 1.54) is 0 Å². The fraction of sp³-hybridized carbons (Fsp3) is 0. The largest absolute Gasteiger partial charge is 0.456 e. The smallest absolute Gasteiger partial charge is 0.185 e. The molecule has 41 heavy (non-hydrogen) atoms. The minimum absolute atomic E-state index is 0.579. The van der Waals surface area contributed by atoms with E-state index in [2.05, 4.69) is 48.5 Å². The predicted octanol–water partition coefficient (Wildman–Crippen LogP) is 8.77. The Balaban J connectivity index is 1.19. The van der Waals surface area contributed by atoms with Crippen molar-refractivity contribution in [1.29, 1.82) is 0 Å². The predicted molar refractivity (Wildman–Crippen MR) is 164 cm³/mol. The Bertz CT molecular complexity index is 2260. The number of fused-ring (bicyclic) bond motifs is 7. The SMILES string of the molecule is O=P12c3ccccc3Oc3cccc(c31)Oc1cc(-c3cccc(-c4cccc5c4oc4ccccc45)c3)ccc12. The molecule has 0 N–H and O–H groups in total. The van der Waals surface area contributed by atoms with Crippen LogP contribution >= 0.6 is 7.14 Å². The molecule has 1 atom stereocenters. The van der Waals surface area contributed by atoms with Gasteiger partial charge in [0.05, 0.1) is 10.6 Å². The third kappa shape index (κ3) is 3.14. The van der Waals surface area contributed by atoms with E-state index in [0.717, 1.165) is 44.2 Å². The summed E-state index contributed by atoms with van der Waals surface area (Å²) in [6, 6.07) is 42.0. The molecule has 0 bridgehead atoms. The average molecular weight is 549 g/mol. The molecule has 4 nitrogen and oxygen atoms in total. The zero-order valence-corrected chi connectivity index (χ0v) is 22.6. The Labute approximate surface area is 235 Å². The molecule has 0 aliphatic carbocycles. The van der Waals surface area contributed by atoms with E-state index in [9.17, 15) is 0 Å². The zero-order valence-electron chi connectivity index (χ0n) is 21.7. The third-order valence-electron chi connectivity index (χ3n) is 8.13. The summed E-state index contributed by atoms with van der Waals surface area (Å²) >= 11 is 0. The first kappa shape index (κ1) is 22.7. The van der Waals surface area contributed by atoms with Crippen molar-refractivity contribution in [3.8, 4) is 45.3 Å². The van der Waals surface area contributed by atoms with Crippen LogP contribution in [0.2, 0.25) is 0 Å². The molecule has 2 aliphatic heterocycles. The van der Waals surface area contributed by atoms with Gasteiger partial charge in [-0.05, 0) is 65.2 Å². The molecule has 6 aromatic carbocycles. The normalized spacial score (nSPS) is 16.4. The zero-order chi connectivity index (χ0) is 27.1. The molecule has 0 spiro atoms. The molecule has 1 unspecified atom stereocenters. The molecule has 0 fully saturated rings. The van der Waals surface area contributed by atoms with Crippen molar-refractivity contribution < 1.29 is 18.5 Å². The highest BCUT2D eigenvalue weighted by Crippen LogP contribution is 2.58. The summed E-state index contributed by atoms with van der Waals surface area (Å²) in [5, 5.41) is 4.25. The molecule has 2 aliphatic rings. The standard InChI is InChI=1S/C36H21O4P/c37-41-33-17-4-3-14-29(33)38-30-15-7-16-31(36(30)41)39-32-21-23(18-19-34(32)41)22-8-5-9-24(20-22)25-11-6-12-27-26-10-1-2-13-28(26)40-35(25)27/h1-21H. The van der Waals surface area contributed by atoms with Crippen molar-refractivity contribution in [1.82, 2.24) is 0 Å². The highest BCUT2D eigenvalue weighted by molar-refractivity contribution is 7.86. The summed E-state index contributed by atoms with van der Waals surface area (Å²) in [5.74, 6) is 2.41. The maximum absolute atomic E-state index is 15.1. The highest BCUT2D eigenvalue weighted by atomic mass is 31.2. The number of ether oxygens (including phenoxy) is 2. The molecule has 1 aromatic heterocycles. The fourth-order valence-electron chi connectivity index (χ4n) is 6.26. The van der Waals surface area contributed by atoms with Gasteiger partial charge in [0.2, 0.25) is 0 Å². The van der Waals surface area contributed by atoms with Crippen LogP contribution in [0.3, 0.4) is 0 Å².